The standard InChI is InChI=1S/C13H11ClN.Y/c1-10-6-5-9-13(15(10)2)11-7-3-4-8-12(11)14;/h3-8H,1H2,2H3;/q-1;. The van der Waals surface area contributed by atoms with Gasteiger partial charge in [0.2, 0.25) is 0 Å². The van der Waals surface area contributed by atoms with Crippen molar-refractivity contribution in [3.8, 4) is 0 Å². The van der Waals surface area contributed by atoms with Gasteiger partial charge in [0.25, 0.3) is 0 Å². The predicted octanol–water partition coefficient (Wildman–Crippen LogP) is 3.50. The number of allylic oxidation sites excluding steroid dienone is 3. The number of nitrogens with zero attached hydrogens (tertiary/aromatic N) is 1. The van der Waals surface area contributed by atoms with Gasteiger partial charge in [-0.05, 0) is 10.7 Å². The van der Waals surface area contributed by atoms with Crippen LogP contribution in [0.2, 0.25) is 5.02 Å². The first-order valence-corrected chi connectivity index (χ1v) is 5.05. The molecule has 79 valence electrons. The van der Waals surface area contributed by atoms with E-state index in [0.29, 0.717) is 0 Å². The molecule has 3 heteroatoms. The van der Waals surface area contributed by atoms with Crippen LogP contribution in [0.25, 0.3) is 5.70 Å². The Bertz CT molecular complexity index is 463. The third-order valence-electron chi connectivity index (χ3n) is 2.39. The van der Waals surface area contributed by atoms with Gasteiger partial charge in [-0.15, -0.1) is 12.1 Å². The molecule has 0 unspecified atom stereocenters. The summed E-state index contributed by atoms with van der Waals surface area (Å²) in [6, 6.07) is 7.73. The van der Waals surface area contributed by atoms with E-state index < -0.39 is 0 Å². The molecular formula is C13H11ClNY-. The Morgan fingerprint density at radius 1 is 1.31 bits per heavy atom. The molecule has 1 nitrogen and oxygen atoms in total. The number of hydrogen-bond acceptors (Lipinski definition) is 1. The number of hydrogen-bond donors (Lipinski definition) is 0. The van der Waals surface area contributed by atoms with Crippen LogP contribution in [0.3, 0.4) is 0 Å². The molecule has 0 spiro atoms. The Balaban J connectivity index is 0.00000128. The minimum atomic E-state index is 0. The topological polar surface area (TPSA) is 3.24 Å². The molecule has 1 aromatic rings. The molecule has 0 bridgehead atoms. The van der Waals surface area contributed by atoms with Crippen LogP contribution in [0.5, 0.6) is 0 Å². The summed E-state index contributed by atoms with van der Waals surface area (Å²) in [7, 11) is 1.96. The summed E-state index contributed by atoms with van der Waals surface area (Å²) in [5.41, 5.74) is 2.86. The fourth-order valence-corrected chi connectivity index (χ4v) is 1.71. The Morgan fingerprint density at radius 2 is 2.00 bits per heavy atom. The Morgan fingerprint density at radius 3 is 2.69 bits per heavy atom. The van der Waals surface area contributed by atoms with Crippen LogP contribution in [0.1, 0.15) is 5.56 Å². The molecule has 1 aromatic carbocycles. The second-order valence-electron chi connectivity index (χ2n) is 3.36. The van der Waals surface area contributed by atoms with Crippen LogP contribution in [0.4, 0.5) is 0 Å². The SMILES string of the molecule is C=C1C=C[C-]=C(c2ccccc2Cl)N1C.[Y]. The van der Waals surface area contributed by atoms with Crippen molar-refractivity contribution >= 4 is 17.3 Å². The minimum Gasteiger partial charge on any atom is -0.379 e. The number of benzene rings is 1. The van der Waals surface area contributed by atoms with Gasteiger partial charge < -0.3 is 4.90 Å². The molecule has 2 rings (SSSR count). The second kappa shape index (κ2) is 5.81. The minimum absolute atomic E-state index is 0. The van der Waals surface area contributed by atoms with Gasteiger partial charge in [0, 0.05) is 39.8 Å². The molecule has 0 atom stereocenters. The Kier molecular flexibility index (Phi) is 4.98. The summed E-state index contributed by atoms with van der Waals surface area (Å²) in [5.74, 6) is 0. The van der Waals surface area contributed by atoms with Crippen molar-refractivity contribution < 1.29 is 32.7 Å². The Labute approximate surface area is 126 Å². The van der Waals surface area contributed by atoms with Crippen molar-refractivity contribution in [1.29, 1.82) is 0 Å². The van der Waals surface area contributed by atoms with Crippen molar-refractivity contribution in [2.45, 2.75) is 0 Å². The first-order valence-electron chi connectivity index (χ1n) is 4.67. The van der Waals surface area contributed by atoms with Gasteiger partial charge >= 0.3 is 0 Å². The van der Waals surface area contributed by atoms with Crippen LogP contribution in [0.15, 0.2) is 48.7 Å². The zero-order valence-electron chi connectivity index (χ0n) is 9.07. The monoisotopic (exact) mass is 305 g/mol. The molecule has 0 amide bonds. The van der Waals surface area contributed by atoms with E-state index in [1.807, 2.05) is 48.4 Å². The van der Waals surface area contributed by atoms with Crippen molar-refractivity contribution in [3.63, 3.8) is 0 Å². The third kappa shape index (κ3) is 2.65. The van der Waals surface area contributed by atoms with Gasteiger partial charge in [0.1, 0.15) is 0 Å². The van der Waals surface area contributed by atoms with Gasteiger partial charge in [0.15, 0.2) is 0 Å². The molecule has 0 fully saturated rings. The predicted molar refractivity (Wildman–Crippen MR) is 64.1 cm³/mol. The van der Waals surface area contributed by atoms with Crippen molar-refractivity contribution in [2.75, 3.05) is 7.05 Å². The molecule has 16 heavy (non-hydrogen) atoms. The van der Waals surface area contributed by atoms with E-state index in [9.17, 15) is 0 Å². The van der Waals surface area contributed by atoms with E-state index in [2.05, 4.69) is 12.7 Å². The van der Waals surface area contributed by atoms with Crippen LogP contribution in [0, 0.1) is 6.08 Å². The average Bonchev–Trinajstić information content (AvgIpc) is 2.23. The van der Waals surface area contributed by atoms with Gasteiger partial charge in [-0.2, -0.15) is 12.2 Å². The molecule has 0 aromatic heterocycles. The summed E-state index contributed by atoms with van der Waals surface area (Å²) in [4.78, 5) is 1.97. The summed E-state index contributed by atoms with van der Waals surface area (Å²) in [6.45, 7) is 3.94. The van der Waals surface area contributed by atoms with Crippen molar-refractivity contribution in [2.24, 2.45) is 0 Å². The van der Waals surface area contributed by atoms with Crippen LogP contribution in [-0.4, -0.2) is 11.9 Å². The molecule has 1 aliphatic heterocycles. The van der Waals surface area contributed by atoms with Gasteiger partial charge in [-0.3, -0.25) is 0 Å². The zero-order chi connectivity index (χ0) is 10.8. The van der Waals surface area contributed by atoms with Crippen molar-refractivity contribution in [1.82, 2.24) is 4.90 Å². The smallest absolute Gasteiger partial charge is 0.00844 e. The Hall–Kier alpha value is -0.366. The van der Waals surface area contributed by atoms with E-state index in [4.69, 9.17) is 11.6 Å². The maximum Gasteiger partial charge on any atom is 0.00844 e. The molecule has 1 radical (unpaired) electrons. The van der Waals surface area contributed by atoms with E-state index in [1.54, 1.807) is 0 Å². The van der Waals surface area contributed by atoms with Gasteiger partial charge in [-0.1, -0.05) is 47.6 Å². The largest absolute Gasteiger partial charge is 0.379 e. The number of halogens is 1. The molecule has 1 aliphatic rings. The maximum absolute atomic E-state index is 6.13. The molecule has 0 aliphatic carbocycles. The van der Waals surface area contributed by atoms with Crippen LogP contribution in [-0.2, 0) is 32.7 Å². The van der Waals surface area contributed by atoms with E-state index in [1.165, 1.54) is 0 Å². The summed E-state index contributed by atoms with van der Waals surface area (Å²) in [6.07, 6.45) is 6.95. The van der Waals surface area contributed by atoms with Crippen molar-refractivity contribution in [3.05, 3.63) is 65.4 Å². The molecular weight excluding hydrogens is 295 g/mol. The number of likely N-dealkylation sites (N-methyl/N-ethyl adjacent to an activating group) is 1. The molecule has 0 N–H and O–H groups in total. The molecule has 0 saturated carbocycles. The normalized spacial score (nSPS) is 14.5. The first-order chi connectivity index (χ1) is 7.20. The van der Waals surface area contributed by atoms with Gasteiger partial charge in [0.05, 0.1) is 0 Å². The molecule has 0 saturated heterocycles. The van der Waals surface area contributed by atoms with Crippen LogP contribution < -0.4 is 0 Å². The quantitative estimate of drug-likeness (QED) is 0.718. The summed E-state index contributed by atoms with van der Waals surface area (Å²) >= 11 is 6.13. The van der Waals surface area contributed by atoms with E-state index in [-0.39, 0.29) is 32.7 Å². The fourth-order valence-electron chi connectivity index (χ4n) is 1.48. The first kappa shape index (κ1) is 13.7. The van der Waals surface area contributed by atoms with E-state index in [0.717, 1.165) is 22.0 Å². The van der Waals surface area contributed by atoms with Gasteiger partial charge in [-0.25, -0.2) is 0 Å². The summed E-state index contributed by atoms with van der Waals surface area (Å²) < 4.78 is 0. The van der Waals surface area contributed by atoms with E-state index >= 15 is 0 Å². The average molecular weight is 306 g/mol. The summed E-state index contributed by atoms with van der Waals surface area (Å²) in [5, 5.41) is 0.731. The second-order valence-corrected chi connectivity index (χ2v) is 3.76. The fraction of sp³-hybridized carbons (Fsp3) is 0.0769. The number of rotatable bonds is 1. The third-order valence-corrected chi connectivity index (χ3v) is 2.72. The zero-order valence-corrected chi connectivity index (χ0v) is 12.7. The van der Waals surface area contributed by atoms with Crippen LogP contribution >= 0.6 is 11.6 Å². The molecule has 1 heterocycles. The maximum atomic E-state index is 6.13.